The highest BCUT2D eigenvalue weighted by molar-refractivity contribution is 5.93. The third kappa shape index (κ3) is 2.76. The first-order chi connectivity index (χ1) is 10.7. The average Bonchev–Trinajstić information content (AvgIpc) is 2.82. The number of aromatic nitrogens is 3. The number of imidazole rings is 1. The summed E-state index contributed by atoms with van der Waals surface area (Å²) in [5.74, 6) is 0.377. The average molecular weight is 304 g/mol. The van der Waals surface area contributed by atoms with Crippen molar-refractivity contribution in [3.05, 3.63) is 24.0 Å². The van der Waals surface area contributed by atoms with Crippen LogP contribution in [0.3, 0.4) is 0 Å². The molecule has 0 bridgehead atoms. The van der Waals surface area contributed by atoms with Crippen LogP contribution in [0.4, 0.5) is 0 Å². The summed E-state index contributed by atoms with van der Waals surface area (Å²) in [5.41, 5.74) is 1.08. The van der Waals surface area contributed by atoms with Crippen LogP contribution in [-0.4, -0.2) is 58.3 Å². The SMILES string of the molecule is CCC1CN(C(=O)c2cnc3ccc(OC)nn23)CCCO1. The number of nitrogens with zero attached hydrogens (tertiary/aromatic N) is 4. The van der Waals surface area contributed by atoms with Gasteiger partial charge in [-0.05, 0) is 18.9 Å². The van der Waals surface area contributed by atoms with Crippen molar-refractivity contribution in [1.29, 1.82) is 0 Å². The maximum absolute atomic E-state index is 12.8. The molecule has 0 aromatic carbocycles. The Morgan fingerprint density at radius 2 is 2.36 bits per heavy atom. The van der Waals surface area contributed by atoms with Gasteiger partial charge in [0.05, 0.1) is 19.4 Å². The molecule has 2 aromatic heterocycles. The van der Waals surface area contributed by atoms with Crippen LogP contribution in [0, 0.1) is 0 Å². The Bertz CT molecular complexity index is 670. The first-order valence-corrected chi connectivity index (χ1v) is 7.52. The van der Waals surface area contributed by atoms with Crippen molar-refractivity contribution in [2.24, 2.45) is 0 Å². The van der Waals surface area contributed by atoms with E-state index in [4.69, 9.17) is 9.47 Å². The zero-order chi connectivity index (χ0) is 15.5. The monoisotopic (exact) mass is 304 g/mol. The highest BCUT2D eigenvalue weighted by atomic mass is 16.5. The first-order valence-electron chi connectivity index (χ1n) is 7.52. The number of methoxy groups -OCH3 is 1. The van der Waals surface area contributed by atoms with Gasteiger partial charge in [-0.25, -0.2) is 9.50 Å². The summed E-state index contributed by atoms with van der Waals surface area (Å²) in [7, 11) is 1.55. The zero-order valence-corrected chi connectivity index (χ0v) is 12.9. The molecule has 1 saturated heterocycles. The van der Waals surface area contributed by atoms with Gasteiger partial charge in [-0.15, -0.1) is 5.10 Å². The molecule has 22 heavy (non-hydrogen) atoms. The summed E-state index contributed by atoms with van der Waals surface area (Å²) in [5, 5.41) is 4.29. The molecular weight excluding hydrogens is 284 g/mol. The van der Waals surface area contributed by atoms with Crippen molar-refractivity contribution in [1.82, 2.24) is 19.5 Å². The van der Waals surface area contributed by atoms with Crippen LogP contribution in [0.15, 0.2) is 18.3 Å². The van der Waals surface area contributed by atoms with Crippen LogP contribution in [0.2, 0.25) is 0 Å². The predicted molar refractivity (Wildman–Crippen MR) is 80.1 cm³/mol. The van der Waals surface area contributed by atoms with Crippen LogP contribution in [0.5, 0.6) is 5.88 Å². The molecule has 1 aliphatic rings. The van der Waals surface area contributed by atoms with Crippen LogP contribution in [-0.2, 0) is 4.74 Å². The van der Waals surface area contributed by atoms with E-state index in [2.05, 4.69) is 17.0 Å². The molecule has 1 aliphatic heterocycles. The molecule has 1 fully saturated rings. The Morgan fingerprint density at radius 1 is 1.50 bits per heavy atom. The summed E-state index contributed by atoms with van der Waals surface area (Å²) >= 11 is 0. The summed E-state index contributed by atoms with van der Waals surface area (Å²) in [4.78, 5) is 18.9. The Labute approximate surface area is 128 Å². The second-order valence-corrected chi connectivity index (χ2v) is 5.29. The number of hydrogen-bond acceptors (Lipinski definition) is 5. The second-order valence-electron chi connectivity index (χ2n) is 5.29. The normalized spacial score (nSPS) is 19.2. The molecule has 1 atom stereocenters. The lowest BCUT2D eigenvalue weighted by Gasteiger charge is -2.22. The van der Waals surface area contributed by atoms with Gasteiger partial charge in [0.15, 0.2) is 11.3 Å². The highest BCUT2D eigenvalue weighted by Crippen LogP contribution is 2.15. The molecule has 2 aromatic rings. The van der Waals surface area contributed by atoms with Crippen LogP contribution >= 0.6 is 0 Å². The fourth-order valence-corrected chi connectivity index (χ4v) is 2.60. The third-order valence-corrected chi connectivity index (χ3v) is 3.86. The van der Waals surface area contributed by atoms with Crippen LogP contribution < -0.4 is 4.74 Å². The number of rotatable bonds is 3. The van der Waals surface area contributed by atoms with E-state index in [1.54, 1.807) is 25.4 Å². The number of ether oxygens (including phenoxy) is 2. The lowest BCUT2D eigenvalue weighted by Crippen LogP contribution is -2.37. The van der Waals surface area contributed by atoms with Gasteiger partial charge >= 0.3 is 0 Å². The maximum atomic E-state index is 12.8. The lowest BCUT2D eigenvalue weighted by molar-refractivity contribution is 0.0457. The van der Waals surface area contributed by atoms with Gasteiger partial charge in [0.1, 0.15) is 0 Å². The minimum atomic E-state index is -0.0720. The molecule has 0 radical (unpaired) electrons. The van der Waals surface area contributed by atoms with Crippen molar-refractivity contribution in [3.8, 4) is 5.88 Å². The highest BCUT2D eigenvalue weighted by Gasteiger charge is 2.25. The van der Waals surface area contributed by atoms with E-state index < -0.39 is 0 Å². The number of carbonyl (C=O) groups is 1. The van der Waals surface area contributed by atoms with Crippen molar-refractivity contribution in [2.75, 3.05) is 26.8 Å². The van der Waals surface area contributed by atoms with Gasteiger partial charge in [-0.3, -0.25) is 4.79 Å². The molecule has 0 saturated carbocycles. The van der Waals surface area contributed by atoms with E-state index in [1.165, 1.54) is 4.52 Å². The molecule has 118 valence electrons. The Morgan fingerprint density at radius 3 is 3.14 bits per heavy atom. The molecular formula is C15H20N4O3. The quantitative estimate of drug-likeness (QED) is 0.857. The van der Waals surface area contributed by atoms with E-state index in [0.717, 1.165) is 12.8 Å². The number of carbonyl (C=O) groups excluding carboxylic acids is 1. The number of amides is 1. The molecule has 0 aliphatic carbocycles. The van der Waals surface area contributed by atoms with Gasteiger partial charge in [-0.2, -0.15) is 0 Å². The first kappa shape index (κ1) is 14.8. The fourth-order valence-electron chi connectivity index (χ4n) is 2.60. The third-order valence-electron chi connectivity index (χ3n) is 3.86. The lowest BCUT2D eigenvalue weighted by atomic mass is 10.2. The van der Waals surface area contributed by atoms with E-state index in [0.29, 0.717) is 36.9 Å². The Hall–Kier alpha value is -2.15. The summed E-state index contributed by atoms with van der Waals surface area (Å²) in [6.07, 6.45) is 3.39. The van der Waals surface area contributed by atoms with Crippen LogP contribution in [0.25, 0.3) is 5.65 Å². The maximum Gasteiger partial charge on any atom is 0.274 e. The fraction of sp³-hybridized carbons (Fsp3) is 0.533. The van der Waals surface area contributed by atoms with Crippen molar-refractivity contribution in [3.63, 3.8) is 0 Å². The van der Waals surface area contributed by atoms with E-state index in [1.807, 2.05) is 4.90 Å². The van der Waals surface area contributed by atoms with Crippen molar-refractivity contribution in [2.45, 2.75) is 25.9 Å². The van der Waals surface area contributed by atoms with E-state index in [-0.39, 0.29) is 12.0 Å². The smallest absolute Gasteiger partial charge is 0.274 e. The minimum absolute atomic E-state index is 0.0720. The van der Waals surface area contributed by atoms with Gasteiger partial charge in [0.25, 0.3) is 5.91 Å². The molecule has 0 spiro atoms. The summed E-state index contributed by atoms with van der Waals surface area (Å²) in [6.45, 7) is 4.06. The topological polar surface area (TPSA) is 69.0 Å². The summed E-state index contributed by atoms with van der Waals surface area (Å²) < 4.78 is 12.4. The van der Waals surface area contributed by atoms with E-state index >= 15 is 0 Å². The largest absolute Gasteiger partial charge is 0.480 e. The van der Waals surface area contributed by atoms with Crippen molar-refractivity contribution < 1.29 is 14.3 Å². The van der Waals surface area contributed by atoms with Crippen molar-refractivity contribution >= 4 is 11.6 Å². The standard InChI is InChI=1S/C15H20N4O3/c1-3-11-10-18(7-4-8-22-11)15(20)12-9-16-13-5-6-14(21-2)17-19(12)13/h5-6,9,11H,3-4,7-8,10H2,1-2H3. The van der Waals surface area contributed by atoms with Crippen LogP contribution in [0.1, 0.15) is 30.3 Å². The van der Waals surface area contributed by atoms with Gasteiger partial charge < -0.3 is 14.4 Å². The molecule has 7 heteroatoms. The van der Waals surface area contributed by atoms with Gasteiger partial charge in [0, 0.05) is 25.8 Å². The molecule has 3 heterocycles. The molecule has 7 nitrogen and oxygen atoms in total. The van der Waals surface area contributed by atoms with E-state index in [9.17, 15) is 4.79 Å². The second kappa shape index (κ2) is 6.31. The number of fused-ring (bicyclic) bond motifs is 1. The molecule has 3 rings (SSSR count). The Balaban J connectivity index is 1.90. The molecule has 1 amide bonds. The molecule has 1 unspecified atom stereocenters. The zero-order valence-electron chi connectivity index (χ0n) is 12.9. The Kier molecular flexibility index (Phi) is 4.24. The predicted octanol–water partition coefficient (Wildman–Crippen LogP) is 1.38. The summed E-state index contributed by atoms with van der Waals surface area (Å²) in [6, 6.07) is 3.51. The van der Waals surface area contributed by atoms with Gasteiger partial charge in [-0.1, -0.05) is 6.92 Å². The molecule has 0 N–H and O–H groups in total. The minimum Gasteiger partial charge on any atom is -0.480 e. The number of hydrogen-bond donors (Lipinski definition) is 0. The van der Waals surface area contributed by atoms with Gasteiger partial charge in [0.2, 0.25) is 5.88 Å².